The molecule has 1 amide bonds. The lowest BCUT2D eigenvalue weighted by molar-refractivity contribution is -0.128. The molecule has 0 aromatic heterocycles. The van der Waals surface area contributed by atoms with Crippen LogP contribution in [0.5, 0.6) is 0 Å². The number of amides is 1. The maximum atomic E-state index is 11.6. The van der Waals surface area contributed by atoms with Crippen molar-refractivity contribution in [1.82, 2.24) is 14.7 Å². The zero-order valence-corrected chi connectivity index (χ0v) is 15.4. The molecule has 1 aromatic rings. The van der Waals surface area contributed by atoms with Crippen LogP contribution in [0.2, 0.25) is 0 Å². The van der Waals surface area contributed by atoms with E-state index in [1.807, 2.05) is 4.90 Å². The normalized spacial score (nSPS) is 26.5. The Morgan fingerprint density at radius 2 is 1.92 bits per heavy atom. The van der Waals surface area contributed by atoms with E-state index in [0.29, 0.717) is 12.0 Å². The molecule has 2 atom stereocenters. The van der Waals surface area contributed by atoms with Crippen LogP contribution in [0.4, 0.5) is 0 Å². The van der Waals surface area contributed by atoms with Crippen molar-refractivity contribution < 1.29 is 4.79 Å². The van der Waals surface area contributed by atoms with Gasteiger partial charge in [-0.3, -0.25) is 14.6 Å². The molecule has 3 rings (SSSR count). The predicted octanol–water partition coefficient (Wildman–Crippen LogP) is 2.37. The van der Waals surface area contributed by atoms with E-state index in [1.54, 1.807) is 6.92 Å². The van der Waals surface area contributed by atoms with Crippen molar-refractivity contribution in [2.75, 3.05) is 39.3 Å². The quantitative estimate of drug-likeness (QED) is 0.852. The average Bonchev–Trinajstić information content (AvgIpc) is 2.76. The highest BCUT2D eigenvalue weighted by molar-refractivity contribution is 5.73. The first-order chi connectivity index (χ1) is 11.5. The van der Waals surface area contributed by atoms with E-state index in [0.717, 1.165) is 45.7 Å². The number of hydrogen-bond acceptors (Lipinski definition) is 3. The number of aryl methyl sites for hydroxylation is 1. The van der Waals surface area contributed by atoms with Crippen molar-refractivity contribution in [1.29, 1.82) is 0 Å². The van der Waals surface area contributed by atoms with E-state index in [-0.39, 0.29) is 5.91 Å². The molecule has 0 radical (unpaired) electrons. The molecule has 0 spiro atoms. The summed E-state index contributed by atoms with van der Waals surface area (Å²) in [5.41, 5.74) is 2.84. The van der Waals surface area contributed by atoms with Gasteiger partial charge < -0.3 is 4.90 Å². The van der Waals surface area contributed by atoms with E-state index in [4.69, 9.17) is 0 Å². The number of benzene rings is 1. The maximum absolute atomic E-state index is 11.6. The van der Waals surface area contributed by atoms with Gasteiger partial charge in [0.05, 0.1) is 0 Å². The Labute approximate surface area is 146 Å². The van der Waals surface area contributed by atoms with Gasteiger partial charge in [0.1, 0.15) is 0 Å². The van der Waals surface area contributed by atoms with Crippen LogP contribution in [0.25, 0.3) is 0 Å². The largest absolute Gasteiger partial charge is 0.342 e. The molecular weight excluding hydrogens is 298 g/mol. The number of rotatable bonds is 3. The fourth-order valence-electron chi connectivity index (χ4n) is 4.26. The van der Waals surface area contributed by atoms with Crippen molar-refractivity contribution >= 4 is 5.91 Å². The van der Waals surface area contributed by atoms with Crippen LogP contribution in [0, 0.1) is 12.8 Å². The van der Waals surface area contributed by atoms with Gasteiger partial charge in [0.2, 0.25) is 5.91 Å². The van der Waals surface area contributed by atoms with Gasteiger partial charge in [0, 0.05) is 58.8 Å². The summed E-state index contributed by atoms with van der Waals surface area (Å²) < 4.78 is 0. The minimum absolute atomic E-state index is 0.220. The third-order valence-electron chi connectivity index (χ3n) is 5.75. The van der Waals surface area contributed by atoms with E-state index in [9.17, 15) is 4.79 Å². The van der Waals surface area contributed by atoms with Crippen LogP contribution >= 0.6 is 0 Å². The number of carbonyl (C=O) groups excluding carboxylic acids is 1. The van der Waals surface area contributed by atoms with Gasteiger partial charge in [0.25, 0.3) is 0 Å². The number of hydrogen-bond donors (Lipinski definition) is 0. The fraction of sp³-hybridized carbons (Fsp3) is 0.650. The predicted molar refractivity (Wildman–Crippen MR) is 97.9 cm³/mol. The molecule has 4 nitrogen and oxygen atoms in total. The standard InChI is InChI=1S/C20H31N3O/c1-16-7-4-5-8-19(16)14-21-13-17(2)20(15-21)23-10-6-9-22(11-12-23)18(3)24/h4-5,7-8,17,20H,6,9-15H2,1-3H3/t17-,20+/m1/s1. The lowest BCUT2D eigenvalue weighted by atomic mass is 10.0. The van der Waals surface area contributed by atoms with Crippen LogP contribution in [-0.2, 0) is 11.3 Å². The zero-order valence-electron chi connectivity index (χ0n) is 15.4. The monoisotopic (exact) mass is 329 g/mol. The van der Waals surface area contributed by atoms with Crippen molar-refractivity contribution in [2.24, 2.45) is 5.92 Å². The van der Waals surface area contributed by atoms with Gasteiger partial charge in [-0.05, 0) is 30.4 Å². The molecule has 0 N–H and O–H groups in total. The molecule has 2 saturated heterocycles. The lowest BCUT2D eigenvalue weighted by Gasteiger charge is -2.30. The second kappa shape index (κ2) is 7.66. The van der Waals surface area contributed by atoms with Gasteiger partial charge in [-0.2, -0.15) is 0 Å². The van der Waals surface area contributed by atoms with Gasteiger partial charge in [-0.25, -0.2) is 0 Å². The summed E-state index contributed by atoms with van der Waals surface area (Å²) in [5, 5.41) is 0. The second-order valence-corrected chi connectivity index (χ2v) is 7.56. The molecule has 2 aliphatic rings. The maximum Gasteiger partial charge on any atom is 0.219 e. The Kier molecular flexibility index (Phi) is 5.57. The second-order valence-electron chi connectivity index (χ2n) is 7.56. The minimum atomic E-state index is 0.220. The Morgan fingerprint density at radius 3 is 2.67 bits per heavy atom. The highest BCUT2D eigenvalue weighted by Crippen LogP contribution is 2.25. The molecule has 2 heterocycles. The Balaban J connectivity index is 1.59. The summed E-state index contributed by atoms with van der Waals surface area (Å²) in [4.78, 5) is 18.9. The smallest absolute Gasteiger partial charge is 0.219 e. The minimum Gasteiger partial charge on any atom is -0.342 e. The molecule has 0 aliphatic carbocycles. The van der Waals surface area contributed by atoms with Gasteiger partial charge in [0.15, 0.2) is 0 Å². The van der Waals surface area contributed by atoms with Crippen LogP contribution in [-0.4, -0.2) is 65.9 Å². The average molecular weight is 329 g/mol. The summed E-state index contributed by atoms with van der Waals surface area (Å²) >= 11 is 0. The van der Waals surface area contributed by atoms with E-state index in [2.05, 4.69) is 47.9 Å². The highest BCUT2D eigenvalue weighted by atomic mass is 16.2. The molecular formula is C20H31N3O. The SMILES string of the molecule is CC(=O)N1CCCN([C@H]2CN(Cc3ccccc3C)C[C@H]2C)CC1. The van der Waals surface area contributed by atoms with E-state index < -0.39 is 0 Å². The molecule has 4 heteroatoms. The molecule has 1 aromatic carbocycles. The molecule has 0 saturated carbocycles. The highest BCUT2D eigenvalue weighted by Gasteiger charge is 2.34. The zero-order chi connectivity index (χ0) is 17.1. The number of carbonyl (C=O) groups is 1. The number of nitrogens with zero attached hydrogens (tertiary/aromatic N) is 3. The first-order valence-electron chi connectivity index (χ1n) is 9.31. The lowest BCUT2D eigenvalue weighted by Crippen LogP contribution is -2.42. The Morgan fingerprint density at radius 1 is 1.12 bits per heavy atom. The fourth-order valence-corrected chi connectivity index (χ4v) is 4.26. The molecule has 2 fully saturated rings. The topological polar surface area (TPSA) is 26.8 Å². The molecule has 0 unspecified atom stereocenters. The summed E-state index contributed by atoms with van der Waals surface area (Å²) in [7, 11) is 0. The van der Waals surface area contributed by atoms with Gasteiger partial charge in [-0.15, -0.1) is 0 Å². The summed E-state index contributed by atoms with van der Waals surface area (Å²) in [6, 6.07) is 9.35. The van der Waals surface area contributed by atoms with Crippen LogP contribution in [0.1, 0.15) is 31.4 Å². The van der Waals surface area contributed by atoms with Gasteiger partial charge >= 0.3 is 0 Å². The summed E-state index contributed by atoms with van der Waals surface area (Å²) in [6.45, 7) is 13.6. The molecule has 132 valence electrons. The third kappa shape index (κ3) is 3.98. The summed E-state index contributed by atoms with van der Waals surface area (Å²) in [5.74, 6) is 0.912. The third-order valence-corrected chi connectivity index (χ3v) is 5.75. The van der Waals surface area contributed by atoms with Crippen molar-refractivity contribution in [3.05, 3.63) is 35.4 Å². The van der Waals surface area contributed by atoms with E-state index >= 15 is 0 Å². The van der Waals surface area contributed by atoms with E-state index in [1.165, 1.54) is 17.7 Å². The first kappa shape index (κ1) is 17.4. The Hall–Kier alpha value is -1.39. The van der Waals surface area contributed by atoms with Gasteiger partial charge in [-0.1, -0.05) is 31.2 Å². The van der Waals surface area contributed by atoms with Crippen LogP contribution in [0.3, 0.4) is 0 Å². The van der Waals surface area contributed by atoms with Crippen LogP contribution < -0.4 is 0 Å². The summed E-state index contributed by atoms with van der Waals surface area (Å²) in [6.07, 6.45) is 1.10. The molecule has 0 bridgehead atoms. The van der Waals surface area contributed by atoms with Crippen LogP contribution in [0.15, 0.2) is 24.3 Å². The molecule has 24 heavy (non-hydrogen) atoms. The first-order valence-corrected chi connectivity index (χ1v) is 9.31. The molecule has 2 aliphatic heterocycles. The number of likely N-dealkylation sites (tertiary alicyclic amines) is 1. The van der Waals surface area contributed by atoms with Crippen molar-refractivity contribution in [3.8, 4) is 0 Å². The van der Waals surface area contributed by atoms with Crippen molar-refractivity contribution in [3.63, 3.8) is 0 Å². The Bertz CT molecular complexity index is 574. The van der Waals surface area contributed by atoms with Crippen molar-refractivity contribution in [2.45, 2.75) is 39.8 Å².